The molecule has 0 radical (unpaired) electrons. The average Bonchev–Trinajstić information content (AvgIpc) is 3.66. The first kappa shape index (κ1) is 22.1. The van der Waals surface area contributed by atoms with Gasteiger partial charge < -0.3 is 25.9 Å². The Balaban J connectivity index is 1.14. The number of aromatic amines is 2. The quantitative estimate of drug-likeness (QED) is 0.282. The van der Waals surface area contributed by atoms with Gasteiger partial charge in [-0.1, -0.05) is 18.6 Å². The number of benzene rings is 1. The van der Waals surface area contributed by atoms with Gasteiger partial charge in [0.2, 0.25) is 0 Å². The van der Waals surface area contributed by atoms with Gasteiger partial charge in [0.25, 0.3) is 0 Å². The molecule has 9 heteroatoms. The van der Waals surface area contributed by atoms with Crippen LogP contribution in [0, 0.1) is 0 Å². The SMILES string of the molecule is O=c1nc2[nH]c([C@@H]3CCNC3)cc2cn1-c1ccc([C@@H]2CCC[C@@H](CCNc3ncc[nH]3)N2)cc1. The summed E-state index contributed by atoms with van der Waals surface area (Å²) < 4.78 is 1.65. The van der Waals surface area contributed by atoms with Crippen molar-refractivity contribution < 1.29 is 0 Å². The fraction of sp³-hybridized carbons (Fsp3) is 0.423. The maximum atomic E-state index is 12.8. The zero-order valence-electron chi connectivity index (χ0n) is 19.8. The highest BCUT2D eigenvalue weighted by Crippen LogP contribution is 2.28. The Morgan fingerprint density at radius 2 is 2.06 bits per heavy atom. The molecule has 0 unspecified atom stereocenters. The molecule has 0 amide bonds. The standard InChI is InChI=1S/C26H32N8O/c35-26-33-24-19(14-23(32-24)18-8-10-27-15-18)16-34(26)21-6-4-17(5-7-21)22-3-1-2-20(31-22)9-11-28-25-29-12-13-30-25/h4-7,12-14,16,18,20,22,27,31H,1-3,8-11,15H2,(H2,28,29,30)(H,32,33,35)/t18-,20+,22+/m1/s1. The van der Waals surface area contributed by atoms with Gasteiger partial charge in [0.15, 0.2) is 5.95 Å². The van der Waals surface area contributed by atoms with Crippen LogP contribution in [0.2, 0.25) is 0 Å². The molecule has 3 atom stereocenters. The van der Waals surface area contributed by atoms with E-state index >= 15 is 0 Å². The van der Waals surface area contributed by atoms with Gasteiger partial charge in [-0.2, -0.15) is 4.98 Å². The molecule has 0 bridgehead atoms. The van der Waals surface area contributed by atoms with Gasteiger partial charge in [0, 0.05) is 60.8 Å². The Morgan fingerprint density at radius 1 is 1.14 bits per heavy atom. The van der Waals surface area contributed by atoms with Crippen molar-refractivity contribution in [2.45, 2.75) is 50.1 Å². The molecule has 1 aromatic carbocycles. The van der Waals surface area contributed by atoms with Crippen molar-refractivity contribution in [1.29, 1.82) is 0 Å². The van der Waals surface area contributed by atoms with Crippen LogP contribution in [0.15, 0.2) is 53.7 Å². The first-order valence-electron chi connectivity index (χ1n) is 12.7. The van der Waals surface area contributed by atoms with Crippen LogP contribution < -0.4 is 21.6 Å². The first-order valence-corrected chi connectivity index (χ1v) is 12.7. The predicted molar refractivity (Wildman–Crippen MR) is 137 cm³/mol. The normalized spacial score (nSPS) is 22.6. The van der Waals surface area contributed by atoms with E-state index in [-0.39, 0.29) is 5.69 Å². The minimum atomic E-state index is -0.261. The van der Waals surface area contributed by atoms with Crippen molar-refractivity contribution in [3.63, 3.8) is 0 Å². The summed E-state index contributed by atoms with van der Waals surface area (Å²) in [6.45, 7) is 2.88. The first-order chi connectivity index (χ1) is 17.2. The second-order valence-electron chi connectivity index (χ2n) is 9.70. The summed E-state index contributed by atoms with van der Waals surface area (Å²) in [5.74, 6) is 1.28. The second-order valence-corrected chi connectivity index (χ2v) is 9.70. The van der Waals surface area contributed by atoms with Crippen molar-refractivity contribution >= 4 is 17.0 Å². The zero-order valence-corrected chi connectivity index (χ0v) is 19.8. The lowest BCUT2D eigenvalue weighted by molar-refractivity contribution is 0.316. The van der Waals surface area contributed by atoms with E-state index in [1.165, 1.54) is 18.4 Å². The molecule has 0 saturated carbocycles. The van der Waals surface area contributed by atoms with Gasteiger partial charge >= 0.3 is 5.69 Å². The van der Waals surface area contributed by atoms with E-state index in [1.807, 2.05) is 24.5 Å². The third kappa shape index (κ3) is 4.74. The van der Waals surface area contributed by atoms with E-state index in [4.69, 9.17) is 0 Å². The molecule has 2 saturated heterocycles. The molecule has 0 aliphatic carbocycles. The Labute approximate surface area is 203 Å². The van der Waals surface area contributed by atoms with Gasteiger partial charge in [-0.15, -0.1) is 0 Å². The fourth-order valence-corrected chi connectivity index (χ4v) is 5.44. The minimum absolute atomic E-state index is 0.261. The molecule has 2 fully saturated rings. The lowest BCUT2D eigenvalue weighted by Gasteiger charge is -2.31. The number of imidazole rings is 1. The summed E-state index contributed by atoms with van der Waals surface area (Å²) in [6.07, 6.45) is 11.2. The molecule has 5 N–H and O–H groups in total. The fourth-order valence-electron chi connectivity index (χ4n) is 5.44. The molecule has 182 valence electrons. The van der Waals surface area contributed by atoms with Crippen LogP contribution in [-0.4, -0.2) is 50.2 Å². The highest BCUT2D eigenvalue weighted by Gasteiger charge is 2.22. The molecular weight excluding hydrogens is 440 g/mol. The second kappa shape index (κ2) is 9.67. The number of piperidine rings is 1. The van der Waals surface area contributed by atoms with Gasteiger partial charge in [-0.3, -0.25) is 4.57 Å². The topological polar surface area (TPSA) is 115 Å². The summed E-state index contributed by atoms with van der Waals surface area (Å²) in [7, 11) is 0. The zero-order chi connectivity index (χ0) is 23.6. The Kier molecular flexibility index (Phi) is 6.10. The molecule has 6 rings (SSSR count). The molecule has 4 aromatic rings. The highest BCUT2D eigenvalue weighted by molar-refractivity contribution is 5.76. The molecule has 35 heavy (non-hydrogen) atoms. The number of hydrogen-bond donors (Lipinski definition) is 5. The van der Waals surface area contributed by atoms with Gasteiger partial charge in [-0.05, 0) is 56.0 Å². The van der Waals surface area contributed by atoms with E-state index in [2.05, 4.69) is 54.1 Å². The van der Waals surface area contributed by atoms with E-state index in [1.54, 1.807) is 10.8 Å². The lowest BCUT2D eigenvalue weighted by atomic mass is 9.92. The number of rotatable bonds is 7. The Morgan fingerprint density at radius 3 is 2.86 bits per heavy atom. The van der Waals surface area contributed by atoms with Gasteiger partial charge in [0.05, 0.1) is 5.69 Å². The van der Waals surface area contributed by atoms with Crippen LogP contribution in [0.3, 0.4) is 0 Å². The number of hydrogen-bond acceptors (Lipinski definition) is 6. The third-order valence-electron chi connectivity index (χ3n) is 7.37. The van der Waals surface area contributed by atoms with Crippen LogP contribution >= 0.6 is 0 Å². The third-order valence-corrected chi connectivity index (χ3v) is 7.37. The Bertz CT molecular complexity index is 1320. The predicted octanol–water partition coefficient (Wildman–Crippen LogP) is 3.20. The summed E-state index contributed by atoms with van der Waals surface area (Å²) in [6, 6.07) is 11.3. The highest BCUT2D eigenvalue weighted by atomic mass is 16.1. The van der Waals surface area contributed by atoms with Crippen LogP contribution in [0.25, 0.3) is 16.7 Å². The van der Waals surface area contributed by atoms with Crippen molar-refractivity contribution in [1.82, 2.24) is 35.1 Å². The smallest absolute Gasteiger partial charge is 0.354 e. The number of H-pyrrole nitrogens is 2. The van der Waals surface area contributed by atoms with Crippen LogP contribution in [0.1, 0.15) is 55.3 Å². The number of fused-ring (bicyclic) bond motifs is 1. The van der Waals surface area contributed by atoms with Crippen molar-refractivity contribution in [2.75, 3.05) is 25.0 Å². The van der Waals surface area contributed by atoms with Crippen LogP contribution in [0.4, 0.5) is 5.95 Å². The van der Waals surface area contributed by atoms with Gasteiger partial charge in [-0.25, -0.2) is 9.78 Å². The van der Waals surface area contributed by atoms with Crippen molar-refractivity contribution in [3.05, 3.63) is 70.7 Å². The van der Waals surface area contributed by atoms with Crippen LogP contribution in [0.5, 0.6) is 0 Å². The molecule has 2 aliphatic heterocycles. The van der Waals surface area contributed by atoms with E-state index < -0.39 is 0 Å². The van der Waals surface area contributed by atoms with Gasteiger partial charge in [0.1, 0.15) is 5.65 Å². The number of nitrogens with one attached hydrogen (secondary N) is 5. The molecule has 2 aliphatic rings. The van der Waals surface area contributed by atoms with Crippen molar-refractivity contribution in [2.24, 2.45) is 0 Å². The maximum absolute atomic E-state index is 12.8. The molecule has 3 aromatic heterocycles. The maximum Gasteiger partial charge on any atom is 0.354 e. The molecule has 5 heterocycles. The summed E-state index contributed by atoms with van der Waals surface area (Å²) >= 11 is 0. The van der Waals surface area contributed by atoms with Crippen molar-refractivity contribution in [3.8, 4) is 5.69 Å². The lowest BCUT2D eigenvalue weighted by Crippen LogP contribution is -2.38. The number of anilines is 1. The monoisotopic (exact) mass is 472 g/mol. The number of aromatic nitrogens is 5. The summed E-state index contributed by atoms with van der Waals surface area (Å²) in [4.78, 5) is 27.7. The summed E-state index contributed by atoms with van der Waals surface area (Å²) in [5.41, 5.74) is 3.67. The molecule has 0 spiro atoms. The van der Waals surface area contributed by atoms with E-state index in [9.17, 15) is 4.79 Å². The van der Waals surface area contributed by atoms with E-state index in [0.29, 0.717) is 23.6 Å². The Hall–Kier alpha value is -3.43. The number of nitrogens with zero attached hydrogens (tertiary/aromatic N) is 3. The van der Waals surface area contributed by atoms with Crippen LogP contribution in [-0.2, 0) is 0 Å². The molecule has 9 nitrogen and oxygen atoms in total. The average molecular weight is 473 g/mol. The minimum Gasteiger partial charge on any atom is -0.356 e. The van der Waals surface area contributed by atoms with E-state index in [0.717, 1.165) is 61.6 Å². The molecular formula is C26H32N8O. The largest absolute Gasteiger partial charge is 0.356 e. The summed E-state index contributed by atoms with van der Waals surface area (Å²) in [5, 5.41) is 11.5.